The summed E-state index contributed by atoms with van der Waals surface area (Å²) in [7, 11) is 0. The third kappa shape index (κ3) is 2.12. The van der Waals surface area contributed by atoms with Crippen LogP contribution < -0.4 is 9.80 Å². The SMILES string of the molecule is CCCC12C[NH+]3CC(CCC)(C[NH+](C1)C3c1ccccc1F)C2=O. The van der Waals surface area contributed by atoms with Gasteiger partial charge in [0.2, 0.25) is 6.17 Å². The predicted molar refractivity (Wildman–Crippen MR) is 90.2 cm³/mol. The van der Waals surface area contributed by atoms with Gasteiger partial charge in [-0.1, -0.05) is 38.8 Å². The van der Waals surface area contributed by atoms with E-state index in [9.17, 15) is 9.18 Å². The topological polar surface area (TPSA) is 26.0 Å². The van der Waals surface area contributed by atoms with Gasteiger partial charge in [-0.2, -0.15) is 0 Å². The zero-order chi connectivity index (χ0) is 16.9. The Labute approximate surface area is 143 Å². The first-order valence-electron chi connectivity index (χ1n) is 9.54. The minimum absolute atomic E-state index is 0.0876. The molecule has 0 saturated carbocycles. The number of ketones is 1. The number of hydrogen-bond donors (Lipinski definition) is 2. The fourth-order valence-electron chi connectivity index (χ4n) is 6.26. The smallest absolute Gasteiger partial charge is 0.243 e. The zero-order valence-electron chi connectivity index (χ0n) is 14.8. The normalized spacial score (nSPS) is 40.3. The first-order valence-corrected chi connectivity index (χ1v) is 9.54. The summed E-state index contributed by atoms with van der Waals surface area (Å²) < 4.78 is 14.5. The van der Waals surface area contributed by atoms with Crippen molar-refractivity contribution in [3.8, 4) is 0 Å². The van der Waals surface area contributed by atoms with Crippen LogP contribution in [0.5, 0.6) is 0 Å². The van der Waals surface area contributed by atoms with Gasteiger partial charge in [0.15, 0.2) is 5.78 Å². The lowest BCUT2D eigenvalue weighted by Crippen LogP contribution is -3.41. The molecular formula is C20H29FN2O+2. The molecule has 4 saturated heterocycles. The van der Waals surface area contributed by atoms with Gasteiger partial charge in [-0.15, -0.1) is 0 Å². The summed E-state index contributed by atoms with van der Waals surface area (Å²) in [6, 6.07) is 7.24. The second-order valence-electron chi connectivity index (χ2n) is 8.37. The molecule has 0 aliphatic carbocycles. The molecule has 4 aliphatic heterocycles. The summed E-state index contributed by atoms with van der Waals surface area (Å²) >= 11 is 0. The summed E-state index contributed by atoms with van der Waals surface area (Å²) in [4.78, 5) is 16.3. The molecule has 130 valence electrons. The summed E-state index contributed by atoms with van der Waals surface area (Å²) in [5.74, 6) is 0.452. The predicted octanol–water partition coefficient (Wildman–Crippen LogP) is 0.777. The van der Waals surface area contributed by atoms with Gasteiger partial charge >= 0.3 is 0 Å². The lowest BCUT2D eigenvalue weighted by molar-refractivity contribution is -1.18. The first-order chi connectivity index (χ1) is 11.6. The van der Waals surface area contributed by atoms with Crippen LogP contribution in [0.4, 0.5) is 4.39 Å². The number of carbonyl (C=O) groups excluding carboxylic acids is 1. The largest absolute Gasteiger partial charge is 0.297 e. The minimum atomic E-state index is -0.160. The van der Waals surface area contributed by atoms with Gasteiger partial charge in [0.1, 0.15) is 48.4 Å². The Hall–Kier alpha value is -1.26. The Balaban J connectivity index is 1.75. The van der Waals surface area contributed by atoms with E-state index in [1.165, 1.54) is 9.80 Å². The number of piperidine rings is 2. The molecule has 3 nitrogen and oxygen atoms in total. The Bertz CT molecular complexity index is 615. The van der Waals surface area contributed by atoms with Crippen LogP contribution in [0.3, 0.4) is 0 Å². The van der Waals surface area contributed by atoms with Crippen LogP contribution in [0.2, 0.25) is 0 Å². The van der Waals surface area contributed by atoms with Crippen LogP contribution in [0, 0.1) is 16.6 Å². The number of nitrogens with one attached hydrogen (secondary N) is 2. The van der Waals surface area contributed by atoms with Crippen molar-refractivity contribution in [1.29, 1.82) is 0 Å². The second-order valence-corrected chi connectivity index (χ2v) is 8.37. The number of carbonyl (C=O) groups is 1. The highest BCUT2D eigenvalue weighted by molar-refractivity contribution is 5.92. The second kappa shape index (κ2) is 5.63. The highest BCUT2D eigenvalue weighted by Gasteiger charge is 2.70. The number of hydrogen-bond acceptors (Lipinski definition) is 1. The molecule has 0 unspecified atom stereocenters. The molecule has 4 fully saturated rings. The summed E-state index contributed by atoms with van der Waals surface area (Å²) in [6.45, 7) is 7.95. The van der Waals surface area contributed by atoms with Crippen molar-refractivity contribution >= 4 is 5.78 Å². The summed E-state index contributed by atoms with van der Waals surface area (Å²) in [5, 5.41) is 0. The summed E-state index contributed by atoms with van der Waals surface area (Å²) in [6.07, 6.45) is 4.26. The average molecular weight is 332 g/mol. The molecule has 1 aromatic rings. The number of Topliss-reactive ketones (excluding diaryl/α,β-unsaturated/α-hetero) is 1. The molecule has 1 aromatic carbocycles. The number of quaternary nitrogens is 2. The zero-order valence-corrected chi connectivity index (χ0v) is 14.8. The van der Waals surface area contributed by atoms with Crippen LogP contribution in [0.15, 0.2) is 24.3 Å². The van der Waals surface area contributed by atoms with Gasteiger partial charge < -0.3 is 0 Å². The standard InChI is InChI=1S/C20H27FN2O/c1-3-9-19-11-22-13-20(10-4-2,18(19)24)14-23(12-19)17(22)15-7-5-6-8-16(15)21/h5-8,17H,3-4,9-14H2,1-2H3/p+2. The fourth-order valence-corrected chi connectivity index (χ4v) is 6.26. The molecule has 0 aromatic heterocycles. The van der Waals surface area contributed by atoms with Crippen LogP contribution >= 0.6 is 0 Å². The molecule has 24 heavy (non-hydrogen) atoms. The molecule has 0 radical (unpaired) electrons. The Morgan fingerprint density at radius 1 is 1.00 bits per heavy atom. The third-order valence-electron chi connectivity index (χ3n) is 6.71. The van der Waals surface area contributed by atoms with Gasteiger partial charge in [0, 0.05) is 0 Å². The number of rotatable bonds is 5. The third-order valence-corrected chi connectivity index (χ3v) is 6.71. The Morgan fingerprint density at radius 2 is 1.50 bits per heavy atom. The molecule has 0 amide bonds. The molecule has 2 N–H and O–H groups in total. The fraction of sp³-hybridized carbons (Fsp3) is 0.650. The first kappa shape index (κ1) is 16.2. The van der Waals surface area contributed by atoms with Crippen molar-refractivity contribution in [3.05, 3.63) is 35.6 Å². The molecular weight excluding hydrogens is 303 g/mol. The van der Waals surface area contributed by atoms with E-state index in [0.29, 0.717) is 5.78 Å². The van der Waals surface area contributed by atoms with E-state index >= 15 is 0 Å². The van der Waals surface area contributed by atoms with Crippen LogP contribution in [-0.2, 0) is 4.79 Å². The maximum absolute atomic E-state index is 14.5. The molecule has 4 bridgehead atoms. The highest BCUT2D eigenvalue weighted by atomic mass is 19.1. The number of benzene rings is 1. The molecule has 0 atom stereocenters. The lowest BCUT2D eigenvalue weighted by Gasteiger charge is -2.60. The molecule has 0 spiro atoms. The van der Waals surface area contributed by atoms with Gasteiger partial charge in [0.05, 0.1) is 0 Å². The number of halogens is 1. The van der Waals surface area contributed by atoms with Gasteiger partial charge in [-0.05, 0) is 25.0 Å². The minimum Gasteiger partial charge on any atom is -0.297 e. The average Bonchev–Trinajstić information content (AvgIpc) is 2.53. The summed E-state index contributed by atoms with van der Waals surface area (Å²) in [5.41, 5.74) is 0.520. The van der Waals surface area contributed by atoms with E-state index in [4.69, 9.17) is 0 Å². The van der Waals surface area contributed by atoms with Gasteiger partial charge in [-0.3, -0.25) is 14.6 Å². The quantitative estimate of drug-likeness (QED) is 0.819. The van der Waals surface area contributed by atoms with E-state index < -0.39 is 0 Å². The monoisotopic (exact) mass is 332 g/mol. The Kier molecular flexibility index (Phi) is 3.81. The van der Waals surface area contributed by atoms with Crippen molar-refractivity contribution < 1.29 is 19.0 Å². The van der Waals surface area contributed by atoms with Crippen molar-refractivity contribution in [2.24, 2.45) is 10.8 Å². The van der Waals surface area contributed by atoms with E-state index in [1.54, 1.807) is 12.1 Å². The molecule has 4 aliphatic rings. The van der Waals surface area contributed by atoms with Crippen molar-refractivity contribution in [2.45, 2.75) is 45.7 Å². The lowest BCUT2D eigenvalue weighted by atomic mass is 9.57. The molecule has 4 heteroatoms. The van der Waals surface area contributed by atoms with Gasteiger partial charge in [-0.25, -0.2) is 4.39 Å². The van der Waals surface area contributed by atoms with Crippen LogP contribution in [-0.4, -0.2) is 32.0 Å². The van der Waals surface area contributed by atoms with Crippen molar-refractivity contribution in [3.63, 3.8) is 0 Å². The van der Waals surface area contributed by atoms with Crippen molar-refractivity contribution in [2.75, 3.05) is 26.2 Å². The maximum Gasteiger partial charge on any atom is 0.243 e. The van der Waals surface area contributed by atoms with Crippen LogP contribution in [0.25, 0.3) is 0 Å². The van der Waals surface area contributed by atoms with Crippen molar-refractivity contribution in [1.82, 2.24) is 0 Å². The molecule has 4 heterocycles. The molecule has 5 rings (SSSR count). The maximum atomic E-state index is 14.5. The van der Waals surface area contributed by atoms with Gasteiger partial charge in [0.25, 0.3) is 0 Å². The van der Waals surface area contributed by atoms with E-state index in [1.807, 2.05) is 12.1 Å². The van der Waals surface area contributed by atoms with E-state index in [2.05, 4.69) is 13.8 Å². The van der Waals surface area contributed by atoms with Crippen LogP contribution in [0.1, 0.15) is 51.3 Å². The van der Waals surface area contributed by atoms with E-state index in [-0.39, 0.29) is 22.8 Å². The van der Waals surface area contributed by atoms with E-state index in [0.717, 1.165) is 57.4 Å². The Morgan fingerprint density at radius 3 is 1.96 bits per heavy atom. The highest BCUT2D eigenvalue weighted by Crippen LogP contribution is 2.42.